The van der Waals surface area contributed by atoms with E-state index in [0.717, 1.165) is 11.3 Å². The van der Waals surface area contributed by atoms with Gasteiger partial charge in [-0.25, -0.2) is 8.42 Å². The van der Waals surface area contributed by atoms with Crippen LogP contribution in [0.5, 0.6) is 5.75 Å². The predicted octanol–water partition coefficient (Wildman–Crippen LogP) is 2.90. The molecule has 1 aliphatic heterocycles. The van der Waals surface area contributed by atoms with Crippen molar-refractivity contribution in [2.45, 2.75) is 31.6 Å². The second-order valence-corrected chi connectivity index (χ2v) is 9.38. The van der Waals surface area contributed by atoms with Crippen LogP contribution in [0.4, 0.5) is 0 Å². The third-order valence-corrected chi connectivity index (χ3v) is 7.09. The molecule has 7 heteroatoms. The van der Waals surface area contributed by atoms with Gasteiger partial charge in [0.25, 0.3) is 0 Å². The fraction of sp³-hybridized carbons (Fsp3) is 0.409. The molecule has 0 radical (unpaired) electrons. The zero-order valence-corrected chi connectivity index (χ0v) is 17.7. The number of carbonyl (C=O) groups is 1. The number of ether oxygens (including phenoxy) is 1. The normalized spacial score (nSPS) is 15.8. The lowest BCUT2D eigenvalue weighted by atomic mass is 9.97. The number of nitrogens with zero attached hydrogens (tertiary/aromatic N) is 1. The first-order valence-corrected chi connectivity index (χ1v) is 11.3. The molecular weight excluding hydrogens is 388 g/mol. The molecule has 0 aliphatic carbocycles. The first-order chi connectivity index (χ1) is 13.9. The number of carbonyl (C=O) groups excluding carboxylic acids is 1. The molecule has 2 aromatic rings. The quantitative estimate of drug-likeness (QED) is 0.704. The number of nitrogens with one attached hydrogen (secondary N) is 1. The molecule has 1 heterocycles. The molecule has 29 heavy (non-hydrogen) atoms. The minimum atomic E-state index is -3.50. The third-order valence-electron chi connectivity index (χ3n) is 5.17. The van der Waals surface area contributed by atoms with Crippen molar-refractivity contribution in [2.24, 2.45) is 5.92 Å². The molecule has 0 saturated carbocycles. The minimum Gasteiger partial charge on any atom is -0.492 e. The Labute approximate surface area is 172 Å². The lowest BCUT2D eigenvalue weighted by Crippen LogP contribution is -2.43. The molecule has 6 nitrogen and oxygen atoms in total. The number of hydrogen-bond donors (Lipinski definition) is 1. The maximum Gasteiger partial charge on any atom is 0.243 e. The molecule has 1 N–H and O–H groups in total. The lowest BCUT2D eigenvalue weighted by molar-refractivity contribution is -0.126. The Kier molecular flexibility index (Phi) is 6.92. The van der Waals surface area contributed by atoms with Crippen molar-refractivity contribution >= 4 is 15.9 Å². The van der Waals surface area contributed by atoms with Crippen LogP contribution in [-0.4, -0.2) is 44.9 Å². The van der Waals surface area contributed by atoms with Crippen LogP contribution in [0, 0.1) is 19.8 Å². The second-order valence-electron chi connectivity index (χ2n) is 7.44. The Balaban J connectivity index is 1.43. The highest BCUT2D eigenvalue weighted by Crippen LogP contribution is 2.24. The first kappa shape index (κ1) is 21.3. The molecular formula is C22H28N2O4S. The number of sulfonamides is 1. The molecule has 0 atom stereocenters. The van der Waals surface area contributed by atoms with Gasteiger partial charge in [-0.05, 0) is 51.0 Å². The summed E-state index contributed by atoms with van der Waals surface area (Å²) in [4.78, 5) is 12.7. The number of piperidine rings is 1. The average Bonchev–Trinajstić information content (AvgIpc) is 2.73. The second kappa shape index (κ2) is 9.41. The van der Waals surface area contributed by atoms with Gasteiger partial charge < -0.3 is 10.1 Å². The van der Waals surface area contributed by atoms with Crippen LogP contribution in [0.2, 0.25) is 0 Å². The Bertz CT molecular complexity index is 916. The van der Waals surface area contributed by atoms with Crippen LogP contribution >= 0.6 is 0 Å². The Morgan fingerprint density at radius 2 is 1.55 bits per heavy atom. The Morgan fingerprint density at radius 1 is 1.00 bits per heavy atom. The van der Waals surface area contributed by atoms with Gasteiger partial charge in [-0.2, -0.15) is 4.31 Å². The lowest BCUT2D eigenvalue weighted by Gasteiger charge is -2.30. The van der Waals surface area contributed by atoms with E-state index in [9.17, 15) is 13.2 Å². The molecule has 1 fully saturated rings. The zero-order chi connectivity index (χ0) is 20.9. The van der Waals surface area contributed by atoms with Gasteiger partial charge in [0, 0.05) is 19.0 Å². The van der Waals surface area contributed by atoms with Crippen molar-refractivity contribution in [1.82, 2.24) is 9.62 Å². The van der Waals surface area contributed by atoms with Crippen LogP contribution < -0.4 is 10.1 Å². The summed E-state index contributed by atoms with van der Waals surface area (Å²) in [6.45, 7) is 5.47. The highest BCUT2D eigenvalue weighted by molar-refractivity contribution is 7.89. The van der Waals surface area contributed by atoms with E-state index in [1.807, 2.05) is 38.1 Å². The van der Waals surface area contributed by atoms with Gasteiger partial charge in [0.05, 0.1) is 11.4 Å². The van der Waals surface area contributed by atoms with Crippen molar-refractivity contribution in [2.75, 3.05) is 26.2 Å². The third kappa shape index (κ3) is 5.58. The van der Waals surface area contributed by atoms with Gasteiger partial charge in [-0.15, -0.1) is 0 Å². The van der Waals surface area contributed by atoms with Gasteiger partial charge in [0.15, 0.2) is 0 Å². The summed E-state index contributed by atoms with van der Waals surface area (Å²) in [5, 5.41) is 2.89. The summed E-state index contributed by atoms with van der Waals surface area (Å²) >= 11 is 0. The minimum absolute atomic E-state index is 0.0371. The molecule has 1 aliphatic rings. The number of benzene rings is 2. The fourth-order valence-corrected chi connectivity index (χ4v) is 4.81. The van der Waals surface area contributed by atoms with Gasteiger partial charge in [-0.1, -0.05) is 35.4 Å². The van der Waals surface area contributed by atoms with Crippen LogP contribution in [0.25, 0.3) is 0 Å². The van der Waals surface area contributed by atoms with Crippen molar-refractivity contribution < 1.29 is 17.9 Å². The summed E-state index contributed by atoms with van der Waals surface area (Å²) in [5.74, 6) is 0.572. The molecule has 1 amide bonds. The van der Waals surface area contributed by atoms with Crippen molar-refractivity contribution in [3.05, 3.63) is 59.7 Å². The van der Waals surface area contributed by atoms with Gasteiger partial charge in [0.1, 0.15) is 12.4 Å². The molecule has 0 bridgehead atoms. The monoisotopic (exact) mass is 416 g/mol. The van der Waals surface area contributed by atoms with Crippen LogP contribution in [0.15, 0.2) is 53.4 Å². The number of aryl methyl sites for hydroxylation is 2. The van der Waals surface area contributed by atoms with E-state index in [4.69, 9.17) is 4.74 Å². The predicted molar refractivity (Wildman–Crippen MR) is 112 cm³/mol. The van der Waals surface area contributed by atoms with E-state index < -0.39 is 10.0 Å². The van der Waals surface area contributed by atoms with Gasteiger partial charge >= 0.3 is 0 Å². The van der Waals surface area contributed by atoms with Gasteiger partial charge in [-0.3, -0.25) is 4.79 Å². The molecule has 3 rings (SSSR count). The summed E-state index contributed by atoms with van der Waals surface area (Å²) in [5.41, 5.74) is 2.19. The Morgan fingerprint density at radius 3 is 2.14 bits per heavy atom. The molecule has 2 aromatic carbocycles. The largest absolute Gasteiger partial charge is 0.492 e. The highest BCUT2D eigenvalue weighted by Gasteiger charge is 2.31. The highest BCUT2D eigenvalue weighted by atomic mass is 32.2. The fourth-order valence-electron chi connectivity index (χ4n) is 3.34. The van der Waals surface area contributed by atoms with Crippen molar-refractivity contribution in [1.29, 1.82) is 0 Å². The summed E-state index contributed by atoms with van der Waals surface area (Å²) in [6, 6.07) is 14.6. The van der Waals surface area contributed by atoms with E-state index in [1.165, 1.54) is 9.87 Å². The smallest absolute Gasteiger partial charge is 0.243 e. The zero-order valence-electron chi connectivity index (χ0n) is 16.9. The van der Waals surface area contributed by atoms with E-state index in [0.29, 0.717) is 44.0 Å². The maximum atomic E-state index is 12.8. The van der Waals surface area contributed by atoms with E-state index >= 15 is 0 Å². The molecule has 0 unspecified atom stereocenters. The van der Waals surface area contributed by atoms with Crippen LogP contribution in [-0.2, 0) is 14.8 Å². The standard InChI is InChI=1S/C22H28N2O4S/c1-17-3-7-20(8-4-17)28-16-13-23-22(25)19-11-14-24(15-12-19)29(26,27)21-9-5-18(2)6-10-21/h3-10,19H,11-16H2,1-2H3,(H,23,25). The summed E-state index contributed by atoms with van der Waals surface area (Å²) < 4.78 is 32.6. The summed E-state index contributed by atoms with van der Waals surface area (Å²) in [6.07, 6.45) is 1.05. The summed E-state index contributed by atoms with van der Waals surface area (Å²) in [7, 11) is -3.50. The van der Waals surface area contributed by atoms with Crippen molar-refractivity contribution in [3.63, 3.8) is 0 Å². The van der Waals surface area contributed by atoms with Crippen LogP contribution in [0.3, 0.4) is 0 Å². The van der Waals surface area contributed by atoms with Gasteiger partial charge in [0.2, 0.25) is 15.9 Å². The van der Waals surface area contributed by atoms with Crippen LogP contribution in [0.1, 0.15) is 24.0 Å². The first-order valence-electron chi connectivity index (χ1n) is 9.90. The average molecular weight is 417 g/mol. The topological polar surface area (TPSA) is 75.7 Å². The van der Waals surface area contributed by atoms with E-state index in [-0.39, 0.29) is 11.8 Å². The number of rotatable bonds is 7. The number of amides is 1. The number of hydrogen-bond acceptors (Lipinski definition) is 4. The van der Waals surface area contributed by atoms with E-state index in [1.54, 1.807) is 24.3 Å². The van der Waals surface area contributed by atoms with Crippen molar-refractivity contribution in [3.8, 4) is 5.75 Å². The Hall–Kier alpha value is -2.38. The molecule has 0 spiro atoms. The molecule has 0 aromatic heterocycles. The molecule has 1 saturated heterocycles. The SMILES string of the molecule is Cc1ccc(OCCNC(=O)C2CCN(S(=O)(=O)c3ccc(C)cc3)CC2)cc1. The maximum absolute atomic E-state index is 12.8. The molecule has 156 valence electrons. The van der Waals surface area contributed by atoms with E-state index in [2.05, 4.69) is 5.32 Å².